The van der Waals surface area contributed by atoms with Crippen LogP contribution in [0.15, 0.2) is 24.3 Å². The molecule has 0 aliphatic carbocycles. The first-order valence-electron chi connectivity index (χ1n) is 8.89. The summed E-state index contributed by atoms with van der Waals surface area (Å²) in [6, 6.07) is 5.96. The van der Waals surface area contributed by atoms with Gasteiger partial charge in [-0.25, -0.2) is 0 Å². The van der Waals surface area contributed by atoms with Gasteiger partial charge >= 0.3 is 5.97 Å². The van der Waals surface area contributed by atoms with Crippen molar-refractivity contribution in [1.29, 1.82) is 0 Å². The molecule has 0 bridgehead atoms. The fourth-order valence-electron chi connectivity index (χ4n) is 2.66. The predicted molar refractivity (Wildman–Crippen MR) is 95.9 cm³/mol. The van der Waals surface area contributed by atoms with E-state index < -0.39 is 12.0 Å². The molecule has 1 unspecified atom stereocenters. The van der Waals surface area contributed by atoms with Crippen molar-refractivity contribution in [2.45, 2.75) is 33.2 Å². The Morgan fingerprint density at radius 1 is 1.27 bits per heavy atom. The minimum atomic E-state index is -0.854. The van der Waals surface area contributed by atoms with Gasteiger partial charge in [0, 0.05) is 18.7 Å². The molecule has 7 heteroatoms. The molecular formula is C19H26N2O5. The van der Waals surface area contributed by atoms with E-state index in [0.29, 0.717) is 36.9 Å². The summed E-state index contributed by atoms with van der Waals surface area (Å²) in [6.07, 6.45) is -0.152. The van der Waals surface area contributed by atoms with Crippen molar-refractivity contribution in [2.75, 3.05) is 26.3 Å². The van der Waals surface area contributed by atoms with Gasteiger partial charge in [0.2, 0.25) is 5.91 Å². The van der Waals surface area contributed by atoms with Crippen LogP contribution in [0.25, 0.3) is 0 Å². The van der Waals surface area contributed by atoms with Crippen molar-refractivity contribution in [3.8, 4) is 5.75 Å². The highest BCUT2D eigenvalue weighted by Crippen LogP contribution is 2.18. The van der Waals surface area contributed by atoms with Crippen LogP contribution in [0.2, 0.25) is 0 Å². The van der Waals surface area contributed by atoms with Gasteiger partial charge in [0.25, 0.3) is 5.91 Å². The summed E-state index contributed by atoms with van der Waals surface area (Å²) >= 11 is 0. The number of hydrogen-bond donors (Lipinski definition) is 1. The molecule has 1 heterocycles. The summed E-state index contributed by atoms with van der Waals surface area (Å²) in [7, 11) is 0. The van der Waals surface area contributed by atoms with Crippen molar-refractivity contribution in [2.24, 2.45) is 5.92 Å². The number of carbonyl (C=O) groups is 3. The zero-order valence-corrected chi connectivity index (χ0v) is 15.5. The molecule has 0 radical (unpaired) electrons. The van der Waals surface area contributed by atoms with Gasteiger partial charge in [-0.05, 0) is 37.1 Å². The van der Waals surface area contributed by atoms with Crippen molar-refractivity contribution < 1.29 is 23.9 Å². The van der Waals surface area contributed by atoms with Crippen LogP contribution in [0.3, 0.4) is 0 Å². The summed E-state index contributed by atoms with van der Waals surface area (Å²) in [5.41, 5.74) is 0.449. The Morgan fingerprint density at radius 2 is 1.96 bits per heavy atom. The van der Waals surface area contributed by atoms with Crippen LogP contribution in [-0.4, -0.2) is 55.0 Å². The van der Waals surface area contributed by atoms with E-state index in [0.717, 1.165) is 0 Å². The highest BCUT2D eigenvalue weighted by atomic mass is 16.5. The highest BCUT2D eigenvalue weighted by Gasteiger charge is 2.35. The molecule has 0 spiro atoms. The summed E-state index contributed by atoms with van der Waals surface area (Å²) in [4.78, 5) is 38.2. The molecule has 1 fully saturated rings. The molecule has 2 rings (SSSR count). The topological polar surface area (TPSA) is 84.9 Å². The Balaban J connectivity index is 2.09. The number of rotatable bonds is 7. The number of benzene rings is 1. The molecule has 1 aromatic carbocycles. The Hall–Kier alpha value is -2.57. The second-order valence-corrected chi connectivity index (χ2v) is 6.54. The number of nitrogens with one attached hydrogen (secondary N) is 1. The van der Waals surface area contributed by atoms with Gasteiger partial charge in [-0.15, -0.1) is 0 Å². The number of esters is 1. The SMILES string of the molecule is CCOC(=O)CC1C(=O)NCCN1C(=O)c1ccc(OCC(C)C)cc1. The second kappa shape index (κ2) is 9.22. The van der Waals surface area contributed by atoms with Crippen LogP contribution < -0.4 is 10.1 Å². The minimum absolute atomic E-state index is 0.152. The normalized spacial score (nSPS) is 17.0. The molecule has 0 saturated carbocycles. The number of amides is 2. The van der Waals surface area contributed by atoms with Crippen LogP contribution in [0.1, 0.15) is 37.6 Å². The fraction of sp³-hybridized carbons (Fsp3) is 0.526. The fourth-order valence-corrected chi connectivity index (χ4v) is 2.66. The van der Waals surface area contributed by atoms with E-state index in [2.05, 4.69) is 19.2 Å². The number of piperazine rings is 1. The molecule has 26 heavy (non-hydrogen) atoms. The molecule has 7 nitrogen and oxygen atoms in total. The molecule has 1 aliphatic heterocycles. The quantitative estimate of drug-likeness (QED) is 0.745. The molecule has 1 saturated heterocycles. The maximum Gasteiger partial charge on any atom is 0.308 e. The summed E-state index contributed by atoms with van der Waals surface area (Å²) in [5.74, 6) is -0.0228. The van der Waals surface area contributed by atoms with Crippen LogP contribution in [-0.2, 0) is 14.3 Å². The highest BCUT2D eigenvalue weighted by molar-refractivity contribution is 5.99. The maximum absolute atomic E-state index is 12.8. The lowest BCUT2D eigenvalue weighted by Crippen LogP contribution is -2.57. The van der Waals surface area contributed by atoms with E-state index in [4.69, 9.17) is 9.47 Å². The summed E-state index contributed by atoms with van der Waals surface area (Å²) in [6.45, 7) is 7.36. The third-order valence-corrected chi connectivity index (χ3v) is 3.94. The zero-order chi connectivity index (χ0) is 19.1. The molecular weight excluding hydrogens is 336 g/mol. The molecule has 1 aromatic rings. The number of hydrogen-bond acceptors (Lipinski definition) is 5. The van der Waals surface area contributed by atoms with E-state index in [1.54, 1.807) is 31.2 Å². The van der Waals surface area contributed by atoms with Crippen molar-refractivity contribution in [3.05, 3.63) is 29.8 Å². The van der Waals surface area contributed by atoms with Gasteiger partial charge in [-0.3, -0.25) is 14.4 Å². The Labute approximate surface area is 153 Å². The van der Waals surface area contributed by atoms with E-state index in [-0.39, 0.29) is 24.8 Å². The van der Waals surface area contributed by atoms with Gasteiger partial charge in [0.15, 0.2) is 0 Å². The monoisotopic (exact) mass is 362 g/mol. The smallest absolute Gasteiger partial charge is 0.308 e. The van der Waals surface area contributed by atoms with E-state index >= 15 is 0 Å². The van der Waals surface area contributed by atoms with Crippen molar-refractivity contribution >= 4 is 17.8 Å². The minimum Gasteiger partial charge on any atom is -0.493 e. The maximum atomic E-state index is 12.8. The van der Waals surface area contributed by atoms with Crippen LogP contribution in [0.5, 0.6) is 5.75 Å². The summed E-state index contributed by atoms with van der Waals surface area (Å²) < 4.78 is 10.5. The Bertz CT molecular complexity index is 642. The molecule has 0 aromatic heterocycles. The molecule has 2 amide bonds. The molecule has 1 atom stereocenters. The Kier molecular flexibility index (Phi) is 7.00. The number of nitrogens with zero attached hydrogens (tertiary/aromatic N) is 1. The first kappa shape index (κ1) is 19.8. The molecule has 142 valence electrons. The van der Waals surface area contributed by atoms with Crippen LogP contribution >= 0.6 is 0 Å². The second-order valence-electron chi connectivity index (χ2n) is 6.54. The first-order chi connectivity index (χ1) is 12.4. The van der Waals surface area contributed by atoms with Gasteiger partial charge in [-0.2, -0.15) is 0 Å². The third-order valence-electron chi connectivity index (χ3n) is 3.94. The standard InChI is InChI=1S/C19H26N2O5/c1-4-25-17(22)11-16-18(23)20-9-10-21(16)19(24)14-5-7-15(8-6-14)26-12-13(2)3/h5-8,13,16H,4,9-12H2,1-3H3,(H,20,23). The Morgan fingerprint density at radius 3 is 2.58 bits per heavy atom. The number of ether oxygens (including phenoxy) is 2. The molecule has 1 aliphatic rings. The largest absolute Gasteiger partial charge is 0.493 e. The molecule has 1 N–H and O–H groups in total. The lowest BCUT2D eigenvalue weighted by molar-refractivity contribution is -0.147. The average molecular weight is 362 g/mol. The van der Waals surface area contributed by atoms with Crippen molar-refractivity contribution in [3.63, 3.8) is 0 Å². The van der Waals surface area contributed by atoms with Gasteiger partial charge in [-0.1, -0.05) is 13.8 Å². The van der Waals surface area contributed by atoms with Gasteiger partial charge in [0.05, 0.1) is 19.6 Å². The third kappa shape index (κ3) is 5.21. The van der Waals surface area contributed by atoms with E-state index in [9.17, 15) is 14.4 Å². The predicted octanol–water partition coefficient (Wildman–Crippen LogP) is 1.62. The first-order valence-corrected chi connectivity index (χ1v) is 8.89. The average Bonchev–Trinajstić information content (AvgIpc) is 2.62. The van der Waals surface area contributed by atoms with Crippen molar-refractivity contribution in [1.82, 2.24) is 10.2 Å². The van der Waals surface area contributed by atoms with Gasteiger partial charge < -0.3 is 19.7 Å². The van der Waals surface area contributed by atoms with E-state index in [1.165, 1.54) is 4.90 Å². The summed E-state index contributed by atoms with van der Waals surface area (Å²) in [5, 5.41) is 2.69. The van der Waals surface area contributed by atoms with Gasteiger partial charge in [0.1, 0.15) is 11.8 Å². The van der Waals surface area contributed by atoms with Crippen LogP contribution in [0, 0.1) is 5.92 Å². The lowest BCUT2D eigenvalue weighted by Gasteiger charge is -2.34. The zero-order valence-electron chi connectivity index (χ0n) is 15.5. The van der Waals surface area contributed by atoms with Crippen LogP contribution in [0.4, 0.5) is 0 Å². The number of carbonyl (C=O) groups excluding carboxylic acids is 3. The van der Waals surface area contributed by atoms with E-state index in [1.807, 2.05) is 0 Å². The lowest BCUT2D eigenvalue weighted by atomic mass is 10.1.